The van der Waals surface area contributed by atoms with Crippen molar-refractivity contribution in [1.29, 1.82) is 0 Å². The van der Waals surface area contributed by atoms with Crippen molar-refractivity contribution in [1.82, 2.24) is 9.80 Å². The van der Waals surface area contributed by atoms with Gasteiger partial charge in [-0.15, -0.1) is 0 Å². The van der Waals surface area contributed by atoms with Crippen LogP contribution >= 0.6 is 11.6 Å². The highest BCUT2D eigenvalue weighted by molar-refractivity contribution is 6.31. The maximum atomic E-state index is 6.68. The molecule has 2 nitrogen and oxygen atoms in total. The summed E-state index contributed by atoms with van der Waals surface area (Å²) in [7, 11) is 0. The Bertz CT molecular complexity index is 982. The minimum Gasteiger partial charge on any atom is -0.303 e. The normalized spacial score (nSPS) is 22.9. The summed E-state index contributed by atoms with van der Waals surface area (Å²) in [5.41, 5.74) is 4.24. The van der Waals surface area contributed by atoms with Crippen molar-refractivity contribution in [2.24, 2.45) is 5.92 Å². The van der Waals surface area contributed by atoms with E-state index in [1.807, 2.05) is 6.07 Å². The summed E-state index contributed by atoms with van der Waals surface area (Å²) in [5, 5.41) is 0.923. The van der Waals surface area contributed by atoms with E-state index in [1.165, 1.54) is 49.2 Å². The lowest BCUT2D eigenvalue weighted by atomic mass is 9.86. The van der Waals surface area contributed by atoms with Crippen molar-refractivity contribution in [3.63, 3.8) is 0 Å². The fourth-order valence-electron chi connectivity index (χ4n) is 5.75. The predicted molar refractivity (Wildman–Crippen MR) is 134 cm³/mol. The van der Waals surface area contributed by atoms with Gasteiger partial charge in [0.2, 0.25) is 0 Å². The Morgan fingerprint density at radius 2 is 1.38 bits per heavy atom. The lowest BCUT2D eigenvalue weighted by molar-refractivity contribution is 0.177. The van der Waals surface area contributed by atoms with Gasteiger partial charge in [0.25, 0.3) is 0 Å². The molecule has 32 heavy (non-hydrogen) atoms. The van der Waals surface area contributed by atoms with E-state index in [9.17, 15) is 0 Å². The molecule has 0 aliphatic carbocycles. The molecule has 2 aliphatic rings. The van der Waals surface area contributed by atoms with E-state index in [0.29, 0.717) is 17.8 Å². The van der Waals surface area contributed by atoms with Gasteiger partial charge in [-0.05, 0) is 60.5 Å². The molecule has 3 heteroatoms. The number of nitrogens with zero attached hydrogens (tertiary/aromatic N) is 2. The molecule has 1 unspecified atom stereocenters. The molecule has 2 atom stereocenters. The zero-order valence-electron chi connectivity index (χ0n) is 18.7. The lowest BCUT2D eigenvalue weighted by Crippen LogP contribution is -2.38. The average Bonchev–Trinajstić information content (AvgIpc) is 3.22. The highest BCUT2D eigenvalue weighted by Gasteiger charge is 2.36. The van der Waals surface area contributed by atoms with E-state index in [2.05, 4.69) is 88.7 Å². The Hall–Kier alpha value is -2.13. The summed E-state index contributed by atoms with van der Waals surface area (Å²) >= 11 is 6.68. The average molecular weight is 445 g/mol. The SMILES string of the molecule is Clc1ccccc1C1CN(Cc2ccccc2)C[C@@H]1CN1CCC(c2ccccc2)CC1. The van der Waals surface area contributed by atoms with Crippen LogP contribution in [0.15, 0.2) is 84.9 Å². The van der Waals surface area contributed by atoms with E-state index in [0.717, 1.165) is 24.7 Å². The largest absolute Gasteiger partial charge is 0.303 e. The zero-order valence-corrected chi connectivity index (χ0v) is 19.5. The van der Waals surface area contributed by atoms with Gasteiger partial charge < -0.3 is 4.90 Å². The summed E-state index contributed by atoms with van der Waals surface area (Å²) in [6.45, 7) is 6.82. The molecule has 0 radical (unpaired) electrons. The third kappa shape index (κ3) is 5.09. The lowest BCUT2D eigenvalue weighted by Gasteiger charge is -2.35. The van der Waals surface area contributed by atoms with Crippen LogP contribution in [0.25, 0.3) is 0 Å². The molecular formula is C29H33ClN2. The molecule has 0 bridgehead atoms. The summed E-state index contributed by atoms with van der Waals surface area (Å²) in [6, 6.07) is 30.4. The number of piperidine rings is 1. The smallest absolute Gasteiger partial charge is 0.0441 e. The van der Waals surface area contributed by atoms with E-state index in [4.69, 9.17) is 11.6 Å². The van der Waals surface area contributed by atoms with Crippen molar-refractivity contribution in [3.8, 4) is 0 Å². The zero-order chi connectivity index (χ0) is 21.8. The van der Waals surface area contributed by atoms with Gasteiger partial charge in [0.15, 0.2) is 0 Å². The Kier molecular flexibility index (Phi) is 6.92. The van der Waals surface area contributed by atoms with Crippen LogP contribution < -0.4 is 0 Å². The van der Waals surface area contributed by atoms with Gasteiger partial charge in [0.05, 0.1) is 0 Å². The van der Waals surface area contributed by atoms with Gasteiger partial charge >= 0.3 is 0 Å². The van der Waals surface area contributed by atoms with Crippen LogP contribution in [-0.2, 0) is 6.54 Å². The van der Waals surface area contributed by atoms with Gasteiger partial charge in [-0.1, -0.05) is 90.5 Å². The molecule has 3 aromatic carbocycles. The number of benzene rings is 3. The monoisotopic (exact) mass is 444 g/mol. The van der Waals surface area contributed by atoms with Crippen molar-refractivity contribution in [2.45, 2.75) is 31.2 Å². The summed E-state index contributed by atoms with van der Waals surface area (Å²) in [4.78, 5) is 5.34. The molecule has 0 spiro atoms. The topological polar surface area (TPSA) is 6.48 Å². The van der Waals surface area contributed by atoms with Crippen molar-refractivity contribution in [2.75, 3.05) is 32.7 Å². The number of halogens is 1. The molecule has 3 aromatic rings. The van der Waals surface area contributed by atoms with Crippen LogP contribution in [0, 0.1) is 5.92 Å². The van der Waals surface area contributed by atoms with Gasteiger partial charge in [-0.3, -0.25) is 4.90 Å². The third-order valence-electron chi connectivity index (χ3n) is 7.42. The standard InChI is InChI=1S/C29H33ClN2/c30-29-14-8-7-13-27(29)28-22-32(19-23-9-3-1-4-10-23)21-26(28)20-31-17-15-25(16-18-31)24-11-5-2-6-12-24/h1-14,25-26,28H,15-22H2/t26-,28?/m0/s1. The Balaban J connectivity index is 1.26. The Morgan fingerprint density at radius 1 is 0.719 bits per heavy atom. The molecule has 0 N–H and O–H groups in total. The highest BCUT2D eigenvalue weighted by Crippen LogP contribution is 2.38. The fourth-order valence-corrected chi connectivity index (χ4v) is 6.03. The molecule has 5 rings (SSSR count). The highest BCUT2D eigenvalue weighted by atomic mass is 35.5. The van der Waals surface area contributed by atoms with Crippen molar-refractivity contribution in [3.05, 3.63) is 107 Å². The van der Waals surface area contributed by atoms with Crippen LogP contribution in [0.1, 0.15) is 41.4 Å². The van der Waals surface area contributed by atoms with E-state index in [-0.39, 0.29) is 0 Å². The number of rotatable bonds is 6. The molecule has 0 amide bonds. The van der Waals surface area contributed by atoms with Crippen LogP contribution in [0.4, 0.5) is 0 Å². The molecule has 166 valence electrons. The first kappa shape index (κ1) is 21.7. The fraction of sp³-hybridized carbons (Fsp3) is 0.379. The summed E-state index contributed by atoms with van der Waals surface area (Å²) in [6.07, 6.45) is 2.53. The van der Waals surface area contributed by atoms with Gasteiger partial charge in [-0.25, -0.2) is 0 Å². The van der Waals surface area contributed by atoms with Gasteiger partial charge in [0, 0.05) is 37.1 Å². The third-order valence-corrected chi connectivity index (χ3v) is 7.77. The molecule has 0 aromatic heterocycles. The van der Waals surface area contributed by atoms with Crippen LogP contribution in [0.5, 0.6) is 0 Å². The first-order chi connectivity index (χ1) is 15.8. The maximum Gasteiger partial charge on any atom is 0.0441 e. The molecule has 2 saturated heterocycles. The molecular weight excluding hydrogens is 412 g/mol. The number of hydrogen-bond acceptors (Lipinski definition) is 2. The second-order valence-electron chi connectivity index (χ2n) is 9.55. The maximum absolute atomic E-state index is 6.68. The van der Waals surface area contributed by atoms with Crippen LogP contribution in [0.3, 0.4) is 0 Å². The second-order valence-corrected chi connectivity index (χ2v) is 9.96. The van der Waals surface area contributed by atoms with Crippen molar-refractivity contribution < 1.29 is 0 Å². The minimum absolute atomic E-state index is 0.499. The molecule has 2 fully saturated rings. The van der Waals surface area contributed by atoms with Crippen molar-refractivity contribution >= 4 is 11.6 Å². The minimum atomic E-state index is 0.499. The molecule has 2 aliphatic heterocycles. The molecule has 2 heterocycles. The predicted octanol–water partition coefficient (Wildman–Crippen LogP) is 6.44. The van der Waals surface area contributed by atoms with Gasteiger partial charge in [0.1, 0.15) is 0 Å². The Labute approximate surface area is 197 Å². The van der Waals surface area contributed by atoms with Gasteiger partial charge in [-0.2, -0.15) is 0 Å². The summed E-state index contributed by atoms with van der Waals surface area (Å²) < 4.78 is 0. The Morgan fingerprint density at radius 3 is 2.09 bits per heavy atom. The van der Waals surface area contributed by atoms with E-state index >= 15 is 0 Å². The molecule has 0 saturated carbocycles. The van der Waals surface area contributed by atoms with E-state index < -0.39 is 0 Å². The number of likely N-dealkylation sites (tertiary alicyclic amines) is 2. The first-order valence-corrected chi connectivity index (χ1v) is 12.4. The van der Waals surface area contributed by atoms with E-state index in [1.54, 1.807) is 0 Å². The van der Waals surface area contributed by atoms with Crippen LogP contribution in [0.2, 0.25) is 5.02 Å². The quantitative estimate of drug-likeness (QED) is 0.432. The summed E-state index contributed by atoms with van der Waals surface area (Å²) in [5.74, 6) is 1.83. The number of hydrogen-bond donors (Lipinski definition) is 0. The first-order valence-electron chi connectivity index (χ1n) is 12.0. The van der Waals surface area contributed by atoms with Crippen LogP contribution in [-0.4, -0.2) is 42.5 Å². The second kappa shape index (κ2) is 10.2.